The van der Waals surface area contributed by atoms with E-state index < -0.39 is 11.5 Å². The van der Waals surface area contributed by atoms with Crippen molar-refractivity contribution in [2.75, 3.05) is 0 Å². The topological polar surface area (TPSA) is 72.2 Å². The molecule has 0 atom stereocenters. The van der Waals surface area contributed by atoms with Crippen LogP contribution < -0.4 is 5.56 Å². The highest BCUT2D eigenvalue weighted by Crippen LogP contribution is 2.32. The standard InChI is InChI=1S/C12H16N2O3/c15-10-6-5-9-13-14(10)12(11(16)17)7-3-1-2-4-8-12/h5-6,9H,1-4,7-8H2,(H,16,17). The molecule has 0 unspecified atom stereocenters. The first-order valence-electron chi connectivity index (χ1n) is 5.95. The zero-order chi connectivity index (χ0) is 12.3. The number of hydrogen-bond acceptors (Lipinski definition) is 3. The van der Waals surface area contributed by atoms with E-state index >= 15 is 0 Å². The molecule has 0 radical (unpaired) electrons. The van der Waals surface area contributed by atoms with Gasteiger partial charge in [0.2, 0.25) is 0 Å². The average molecular weight is 236 g/mol. The van der Waals surface area contributed by atoms with E-state index in [-0.39, 0.29) is 5.56 Å². The molecule has 92 valence electrons. The lowest BCUT2D eigenvalue weighted by Crippen LogP contribution is -2.48. The first kappa shape index (κ1) is 11.8. The third-order valence-corrected chi connectivity index (χ3v) is 3.45. The fourth-order valence-corrected chi connectivity index (χ4v) is 2.51. The molecule has 1 aliphatic carbocycles. The molecule has 0 spiro atoms. The minimum atomic E-state index is -1.14. The van der Waals surface area contributed by atoms with Gasteiger partial charge in [-0.15, -0.1) is 0 Å². The van der Waals surface area contributed by atoms with Crippen molar-refractivity contribution in [3.63, 3.8) is 0 Å². The van der Waals surface area contributed by atoms with Gasteiger partial charge < -0.3 is 5.11 Å². The third-order valence-electron chi connectivity index (χ3n) is 3.45. The monoisotopic (exact) mass is 236 g/mol. The van der Waals surface area contributed by atoms with Crippen LogP contribution in [0.1, 0.15) is 38.5 Å². The van der Waals surface area contributed by atoms with E-state index in [1.165, 1.54) is 18.3 Å². The molecule has 0 bridgehead atoms. The van der Waals surface area contributed by atoms with E-state index in [0.29, 0.717) is 12.8 Å². The Morgan fingerprint density at radius 3 is 2.47 bits per heavy atom. The second-order valence-electron chi connectivity index (χ2n) is 4.52. The van der Waals surface area contributed by atoms with E-state index in [2.05, 4.69) is 5.10 Å². The first-order valence-corrected chi connectivity index (χ1v) is 5.95. The largest absolute Gasteiger partial charge is 0.479 e. The molecular weight excluding hydrogens is 220 g/mol. The summed E-state index contributed by atoms with van der Waals surface area (Å²) in [5.74, 6) is -0.944. The van der Waals surface area contributed by atoms with Gasteiger partial charge in [-0.2, -0.15) is 5.10 Å². The maximum atomic E-state index is 11.8. The van der Waals surface area contributed by atoms with Crippen LogP contribution in [0, 0.1) is 0 Å². The summed E-state index contributed by atoms with van der Waals surface area (Å²) in [4.78, 5) is 23.4. The van der Waals surface area contributed by atoms with E-state index in [1.807, 2.05) is 0 Å². The van der Waals surface area contributed by atoms with Crippen molar-refractivity contribution in [1.29, 1.82) is 0 Å². The highest BCUT2D eigenvalue weighted by molar-refractivity contribution is 5.76. The minimum absolute atomic E-state index is 0.336. The SMILES string of the molecule is O=C(O)C1(n2ncccc2=O)CCCCCC1. The molecule has 1 aliphatic rings. The Labute approximate surface area is 99.1 Å². The molecule has 17 heavy (non-hydrogen) atoms. The smallest absolute Gasteiger partial charge is 0.331 e. The Balaban J connectivity index is 2.50. The van der Waals surface area contributed by atoms with Gasteiger partial charge in [0.1, 0.15) is 0 Å². The van der Waals surface area contributed by atoms with Crippen LogP contribution in [0.2, 0.25) is 0 Å². The average Bonchev–Trinajstić information content (AvgIpc) is 2.56. The molecular formula is C12H16N2O3. The second-order valence-corrected chi connectivity index (χ2v) is 4.52. The van der Waals surface area contributed by atoms with Crippen molar-refractivity contribution < 1.29 is 9.90 Å². The summed E-state index contributed by atoms with van der Waals surface area (Å²) in [6, 6.07) is 2.90. The van der Waals surface area contributed by atoms with Crippen molar-refractivity contribution in [2.24, 2.45) is 0 Å². The number of carboxylic acid groups (broad SMARTS) is 1. The van der Waals surface area contributed by atoms with Gasteiger partial charge in [-0.3, -0.25) is 4.79 Å². The van der Waals surface area contributed by atoms with Crippen molar-refractivity contribution in [1.82, 2.24) is 9.78 Å². The van der Waals surface area contributed by atoms with Crippen molar-refractivity contribution >= 4 is 5.97 Å². The van der Waals surface area contributed by atoms with Crippen LogP contribution >= 0.6 is 0 Å². The van der Waals surface area contributed by atoms with Crippen LogP contribution in [0.5, 0.6) is 0 Å². The molecule has 0 aliphatic heterocycles. The molecule has 1 fully saturated rings. The molecule has 5 heteroatoms. The quantitative estimate of drug-likeness (QED) is 0.787. The molecule has 5 nitrogen and oxygen atoms in total. The van der Waals surface area contributed by atoms with Crippen LogP contribution in [-0.4, -0.2) is 20.9 Å². The van der Waals surface area contributed by atoms with E-state index in [0.717, 1.165) is 30.4 Å². The molecule has 1 saturated carbocycles. The van der Waals surface area contributed by atoms with Crippen LogP contribution in [0.25, 0.3) is 0 Å². The Morgan fingerprint density at radius 1 is 1.29 bits per heavy atom. The molecule has 1 N–H and O–H groups in total. The fourth-order valence-electron chi connectivity index (χ4n) is 2.51. The summed E-state index contributed by atoms with van der Waals surface area (Å²) in [5, 5.41) is 13.5. The number of aliphatic carboxylic acids is 1. The Kier molecular flexibility index (Phi) is 3.26. The lowest BCUT2D eigenvalue weighted by atomic mass is 9.90. The van der Waals surface area contributed by atoms with Gasteiger partial charge >= 0.3 is 5.97 Å². The van der Waals surface area contributed by atoms with Gasteiger partial charge in [0.15, 0.2) is 5.54 Å². The van der Waals surface area contributed by atoms with Crippen LogP contribution in [0.15, 0.2) is 23.1 Å². The lowest BCUT2D eigenvalue weighted by molar-refractivity contribution is -0.149. The molecule has 0 saturated heterocycles. The summed E-state index contributed by atoms with van der Waals surface area (Å²) in [7, 11) is 0. The second kappa shape index (κ2) is 4.69. The summed E-state index contributed by atoms with van der Waals surface area (Å²) < 4.78 is 1.15. The lowest BCUT2D eigenvalue weighted by Gasteiger charge is -2.28. The predicted molar refractivity (Wildman–Crippen MR) is 61.8 cm³/mol. The van der Waals surface area contributed by atoms with Crippen molar-refractivity contribution in [2.45, 2.75) is 44.1 Å². The highest BCUT2D eigenvalue weighted by Gasteiger charge is 2.42. The maximum Gasteiger partial charge on any atom is 0.331 e. The van der Waals surface area contributed by atoms with Gasteiger partial charge in [-0.1, -0.05) is 25.7 Å². The molecule has 0 amide bonds. The molecule has 1 heterocycles. The number of nitrogens with zero attached hydrogens (tertiary/aromatic N) is 2. The third kappa shape index (κ3) is 2.09. The fraction of sp³-hybridized carbons (Fsp3) is 0.583. The van der Waals surface area contributed by atoms with Gasteiger partial charge in [0.25, 0.3) is 5.56 Å². The van der Waals surface area contributed by atoms with E-state index in [1.54, 1.807) is 0 Å². The molecule has 0 aromatic carbocycles. The number of carbonyl (C=O) groups is 1. The van der Waals surface area contributed by atoms with E-state index in [4.69, 9.17) is 0 Å². The zero-order valence-electron chi connectivity index (χ0n) is 9.63. The maximum absolute atomic E-state index is 11.8. The minimum Gasteiger partial charge on any atom is -0.479 e. The molecule has 2 rings (SSSR count). The van der Waals surface area contributed by atoms with Crippen molar-refractivity contribution in [3.8, 4) is 0 Å². The highest BCUT2D eigenvalue weighted by atomic mass is 16.4. The number of hydrogen-bond donors (Lipinski definition) is 1. The summed E-state index contributed by atoms with van der Waals surface area (Å²) in [6.07, 6.45) is 6.15. The Bertz CT molecular complexity index is 459. The number of aromatic nitrogens is 2. The predicted octanol–water partition coefficient (Wildman–Crippen LogP) is 1.38. The number of rotatable bonds is 2. The van der Waals surface area contributed by atoms with Crippen molar-refractivity contribution in [3.05, 3.63) is 28.7 Å². The zero-order valence-corrected chi connectivity index (χ0v) is 9.63. The first-order chi connectivity index (χ1) is 8.17. The van der Waals surface area contributed by atoms with Crippen LogP contribution in [0.4, 0.5) is 0 Å². The van der Waals surface area contributed by atoms with Gasteiger partial charge in [0.05, 0.1) is 0 Å². The van der Waals surface area contributed by atoms with Crippen LogP contribution in [-0.2, 0) is 10.3 Å². The van der Waals surface area contributed by atoms with Gasteiger partial charge in [-0.05, 0) is 18.9 Å². The summed E-state index contributed by atoms with van der Waals surface area (Å²) in [6.45, 7) is 0. The summed E-state index contributed by atoms with van der Waals surface area (Å²) in [5.41, 5.74) is -1.48. The van der Waals surface area contributed by atoms with Gasteiger partial charge in [-0.25, -0.2) is 9.48 Å². The Hall–Kier alpha value is -1.65. The molecule has 1 aromatic heterocycles. The normalized spacial score (nSPS) is 19.5. The number of carboxylic acids is 1. The molecule has 1 aromatic rings. The van der Waals surface area contributed by atoms with Crippen LogP contribution in [0.3, 0.4) is 0 Å². The van der Waals surface area contributed by atoms with Gasteiger partial charge in [0, 0.05) is 12.3 Å². The Morgan fingerprint density at radius 2 is 1.94 bits per heavy atom. The summed E-state index contributed by atoms with van der Waals surface area (Å²) >= 11 is 0. The van der Waals surface area contributed by atoms with E-state index in [9.17, 15) is 14.7 Å².